The second-order valence-corrected chi connectivity index (χ2v) is 8.52. The van der Waals surface area contributed by atoms with Crippen LogP contribution in [0.3, 0.4) is 0 Å². The first-order valence-corrected chi connectivity index (χ1v) is 9.41. The van der Waals surface area contributed by atoms with E-state index < -0.39 is 0 Å². The van der Waals surface area contributed by atoms with Gasteiger partial charge in [0.25, 0.3) is 0 Å². The van der Waals surface area contributed by atoms with E-state index in [1.54, 1.807) is 0 Å². The van der Waals surface area contributed by atoms with Crippen LogP contribution in [0.4, 0.5) is 0 Å². The molecule has 4 heteroatoms. The van der Waals surface area contributed by atoms with Gasteiger partial charge < -0.3 is 0 Å². The van der Waals surface area contributed by atoms with Gasteiger partial charge in [-0.3, -0.25) is 35.3 Å². The van der Waals surface area contributed by atoms with Crippen molar-refractivity contribution in [3.05, 3.63) is 94.9 Å². The predicted molar refractivity (Wildman–Crippen MR) is 100 cm³/mol. The molecule has 0 aliphatic rings. The summed E-state index contributed by atoms with van der Waals surface area (Å²) < 4.78 is 1.31. The summed E-state index contributed by atoms with van der Waals surface area (Å²) in [5.74, 6) is 0. The smallest absolute Gasteiger partial charge is 0.291 e. The Balaban J connectivity index is 0.00000192. The zero-order valence-electron chi connectivity index (χ0n) is 12.9. The normalized spacial score (nSPS) is 10.3. The Hall–Kier alpha value is -0.693. The van der Waals surface area contributed by atoms with E-state index in [4.69, 9.17) is 0 Å². The standard InChI is InChI=1S/C19H15S3.Li/c1-4-10-16(11-5-1)20-19(21-17-12-6-2-7-13-17)22-18-14-8-3-9-15-18;/h1-15H;/q-1;+1. The molecule has 0 heterocycles. The van der Waals surface area contributed by atoms with Crippen LogP contribution < -0.4 is 18.9 Å². The summed E-state index contributed by atoms with van der Waals surface area (Å²) in [5.41, 5.74) is 0. The molecular weight excluding hydrogens is 331 g/mol. The van der Waals surface area contributed by atoms with Crippen LogP contribution >= 0.6 is 35.3 Å². The summed E-state index contributed by atoms with van der Waals surface area (Å²) in [5, 5.41) is 0. The van der Waals surface area contributed by atoms with E-state index in [0.29, 0.717) is 0 Å². The summed E-state index contributed by atoms with van der Waals surface area (Å²) in [7, 11) is 0. The molecule has 0 saturated heterocycles. The van der Waals surface area contributed by atoms with Gasteiger partial charge >= 0.3 is 18.9 Å². The molecule has 3 aromatic rings. The average Bonchev–Trinajstić information content (AvgIpc) is 2.57. The van der Waals surface area contributed by atoms with Gasteiger partial charge in [0, 0.05) is 0 Å². The minimum Gasteiger partial charge on any atom is -0.291 e. The molecule has 0 aromatic heterocycles. The number of rotatable bonds is 6. The molecule has 0 aliphatic heterocycles. The van der Waals surface area contributed by atoms with E-state index in [1.807, 2.05) is 35.3 Å². The Morgan fingerprint density at radius 1 is 0.435 bits per heavy atom. The number of hydrogen-bond acceptors (Lipinski definition) is 3. The summed E-state index contributed by atoms with van der Waals surface area (Å²) >= 11 is 5.46. The molecule has 0 fully saturated rings. The summed E-state index contributed by atoms with van der Waals surface area (Å²) in [4.78, 5) is 3.80. The maximum absolute atomic E-state index is 2.15. The maximum Gasteiger partial charge on any atom is 1.00 e. The largest absolute Gasteiger partial charge is 1.00 e. The Kier molecular flexibility index (Phi) is 8.29. The van der Waals surface area contributed by atoms with Crippen molar-refractivity contribution in [2.24, 2.45) is 0 Å². The molecule has 0 bridgehead atoms. The van der Waals surface area contributed by atoms with Gasteiger partial charge in [-0.2, -0.15) is 0 Å². The number of thioether (sulfide) groups is 3. The van der Waals surface area contributed by atoms with Gasteiger partial charge in [0.15, 0.2) is 0 Å². The Bertz CT molecular complexity index is 576. The third-order valence-corrected chi connectivity index (χ3v) is 6.36. The molecular formula is C19H15LiS3. The molecule has 23 heavy (non-hydrogen) atoms. The van der Waals surface area contributed by atoms with E-state index in [9.17, 15) is 0 Å². The van der Waals surface area contributed by atoms with Crippen molar-refractivity contribution in [1.82, 2.24) is 0 Å². The quantitative estimate of drug-likeness (QED) is 0.378. The van der Waals surface area contributed by atoms with Gasteiger partial charge in [-0.25, -0.2) is 0 Å². The van der Waals surface area contributed by atoms with E-state index in [-0.39, 0.29) is 18.9 Å². The van der Waals surface area contributed by atoms with Crippen LogP contribution in [0.25, 0.3) is 0 Å². The molecule has 3 rings (SSSR count). The van der Waals surface area contributed by atoms with Gasteiger partial charge in [-0.15, -0.1) is 3.91 Å². The van der Waals surface area contributed by atoms with E-state index in [2.05, 4.69) is 91.0 Å². The molecule has 0 spiro atoms. The van der Waals surface area contributed by atoms with Gasteiger partial charge in [0.1, 0.15) is 0 Å². The summed E-state index contributed by atoms with van der Waals surface area (Å²) in [6, 6.07) is 31.6. The fourth-order valence-corrected chi connectivity index (χ4v) is 5.51. The SMILES string of the molecule is [Li+].c1ccc(S[C-](Sc2ccccc2)Sc2ccccc2)cc1. The Labute approximate surface area is 163 Å². The molecule has 0 amide bonds. The molecule has 110 valence electrons. The van der Waals surface area contributed by atoms with Crippen LogP contribution in [-0.4, -0.2) is 0 Å². The van der Waals surface area contributed by atoms with Crippen molar-refractivity contribution < 1.29 is 18.9 Å². The number of benzene rings is 3. The first-order chi connectivity index (χ1) is 10.9. The zero-order chi connectivity index (χ0) is 15.0. The fourth-order valence-electron chi connectivity index (χ4n) is 1.82. The van der Waals surface area contributed by atoms with Gasteiger partial charge in [-0.1, -0.05) is 91.0 Å². The Morgan fingerprint density at radius 2 is 0.696 bits per heavy atom. The summed E-state index contributed by atoms with van der Waals surface area (Å²) in [6.45, 7) is 0. The zero-order valence-corrected chi connectivity index (χ0v) is 15.3. The molecule has 3 aromatic carbocycles. The number of hydrogen-bond donors (Lipinski definition) is 0. The Morgan fingerprint density at radius 3 is 0.957 bits per heavy atom. The van der Waals surface area contributed by atoms with Crippen LogP contribution in [0.2, 0.25) is 0 Å². The minimum atomic E-state index is 0. The van der Waals surface area contributed by atoms with Crippen LogP contribution in [0, 0.1) is 3.91 Å². The van der Waals surface area contributed by atoms with Crippen molar-refractivity contribution >= 4 is 35.3 Å². The molecule has 0 radical (unpaired) electrons. The molecule has 0 N–H and O–H groups in total. The third kappa shape index (κ3) is 6.37. The van der Waals surface area contributed by atoms with Crippen LogP contribution in [-0.2, 0) is 0 Å². The molecule has 0 aliphatic carbocycles. The molecule has 0 nitrogen and oxygen atoms in total. The van der Waals surface area contributed by atoms with Crippen molar-refractivity contribution in [3.63, 3.8) is 0 Å². The predicted octanol–water partition coefficient (Wildman–Crippen LogP) is 3.81. The van der Waals surface area contributed by atoms with Crippen molar-refractivity contribution in [3.8, 4) is 0 Å². The minimum absolute atomic E-state index is 0. The van der Waals surface area contributed by atoms with Gasteiger partial charge in [-0.05, 0) is 14.7 Å². The van der Waals surface area contributed by atoms with E-state index in [0.717, 1.165) is 0 Å². The van der Waals surface area contributed by atoms with E-state index >= 15 is 0 Å². The van der Waals surface area contributed by atoms with Crippen molar-refractivity contribution in [1.29, 1.82) is 0 Å². The molecule has 0 atom stereocenters. The average molecular weight is 346 g/mol. The second-order valence-electron chi connectivity index (χ2n) is 4.50. The first-order valence-electron chi connectivity index (χ1n) is 6.96. The van der Waals surface area contributed by atoms with Crippen molar-refractivity contribution in [2.75, 3.05) is 0 Å². The fraction of sp³-hybridized carbons (Fsp3) is 0. The van der Waals surface area contributed by atoms with Crippen LogP contribution in [0.1, 0.15) is 0 Å². The van der Waals surface area contributed by atoms with Crippen LogP contribution in [0.5, 0.6) is 0 Å². The topological polar surface area (TPSA) is 0 Å². The van der Waals surface area contributed by atoms with Crippen molar-refractivity contribution in [2.45, 2.75) is 14.7 Å². The van der Waals surface area contributed by atoms with Crippen LogP contribution in [0.15, 0.2) is 106 Å². The summed E-state index contributed by atoms with van der Waals surface area (Å²) in [6.07, 6.45) is 0. The second kappa shape index (κ2) is 10.2. The van der Waals surface area contributed by atoms with Gasteiger partial charge in [0.05, 0.1) is 0 Å². The maximum atomic E-state index is 2.15. The van der Waals surface area contributed by atoms with Gasteiger partial charge in [0.2, 0.25) is 0 Å². The molecule has 0 unspecified atom stereocenters. The monoisotopic (exact) mass is 346 g/mol. The molecule has 0 saturated carbocycles. The van der Waals surface area contributed by atoms with E-state index in [1.165, 1.54) is 18.6 Å². The third-order valence-electron chi connectivity index (χ3n) is 2.83. The first kappa shape index (κ1) is 18.6.